The Bertz CT molecular complexity index is 598. The summed E-state index contributed by atoms with van der Waals surface area (Å²) >= 11 is 0. The smallest absolute Gasteiger partial charge is 0.335 e. The number of hydrogen-bond acceptors (Lipinski definition) is 5. The molecule has 0 aromatic heterocycles. The van der Waals surface area contributed by atoms with E-state index in [4.69, 9.17) is 4.74 Å². The number of benzene rings is 1. The first-order chi connectivity index (χ1) is 10.7. The number of rotatable bonds is 1. The molecule has 1 aromatic rings. The number of carboxylic acid groups (broad SMARTS) is 1. The van der Waals surface area contributed by atoms with E-state index in [2.05, 4.69) is 15.5 Å². The summed E-state index contributed by atoms with van der Waals surface area (Å²) in [7, 11) is 0. The number of hydrogen-bond donors (Lipinski definition) is 3. The average molecular weight is 303 g/mol. The first-order valence-electron chi connectivity index (χ1n) is 7.82. The van der Waals surface area contributed by atoms with E-state index in [0.717, 1.165) is 51.5 Å². The van der Waals surface area contributed by atoms with Crippen LogP contribution in [-0.2, 0) is 11.2 Å². The van der Waals surface area contributed by atoms with Crippen LogP contribution in [0.4, 0.5) is 5.69 Å². The molecule has 1 aromatic carbocycles. The number of carboxylic acids is 1. The Morgan fingerprint density at radius 2 is 2.18 bits per heavy atom. The van der Waals surface area contributed by atoms with Gasteiger partial charge in [-0.15, -0.1) is 0 Å². The van der Waals surface area contributed by atoms with Crippen molar-refractivity contribution in [1.29, 1.82) is 0 Å². The lowest BCUT2D eigenvalue weighted by atomic mass is 9.70. The Hall–Kier alpha value is -1.63. The minimum atomic E-state index is -0.860. The van der Waals surface area contributed by atoms with Gasteiger partial charge in [0.15, 0.2) is 0 Å². The monoisotopic (exact) mass is 303 g/mol. The third kappa shape index (κ3) is 2.10. The molecule has 1 atom stereocenters. The fourth-order valence-electron chi connectivity index (χ4n) is 4.17. The lowest BCUT2D eigenvalue weighted by Crippen LogP contribution is -2.67. The van der Waals surface area contributed by atoms with Crippen LogP contribution in [0.25, 0.3) is 0 Å². The molecule has 6 heteroatoms. The highest BCUT2D eigenvalue weighted by atomic mass is 16.5. The molecule has 2 saturated heterocycles. The quantitative estimate of drug-likeness (QED) is 0.692. The number of ether oxygens (including phenoxy) is 1. The van der Waals surface area contributed by atoms with Crippen molar-refractivity contribution in [2.75, 3.05) is 44.4 Å². The van der Waals surface area contributed by atoms with Crippen molar-refractivity contribution in [2.24, 2.45) is 5.41 Å². The first-order valence-corrected chi connectivity index (χ1v) is 7.82. The molecule has 22 heavy (non-hydrogen) atoms. The molecule has 1 spiro atoms. The van der Waals surface area contributed by atoms with Gasteiger partial charge in [0.1, 0.15) is 0 Å². The van der Waals surface area contributed by atoms with Crippen LogP contribution in [0.5, 0.6) is 0 Å². The highest BCUT2D eigenvalue weighted by Gasteiger charge is 2.48. The number of carbonyl (C=O) groups is 1. The van der Waals surface area contributed by atoms with Crippen LogP contribution in [0.3, 0.4) is 0 Å². The number of morpholine rings is 1. The third-order valence-electron chi connectivity index (χ3n) is 5.22. The zero-order valence-corrected chi connectivity index (χ0v) is 12.5. The summed E-state index contributed by atoms with van der Waals surface area (Å²) in [4.78, 5) is 13.7. The number of anilines is 1. The molecule has 1 unspecified atom stereocenters. The third-order valence-corrected chi connectivity index (χ3v) is 5.22. The van der Waals surface area contributed by atoms with Gasteiger partial charge in [-0.05, 0) is 30.2 Å². The van der Waals surface area contributed by atoms with Gasteiger partial charge >= 0.3 is 5.97 Å². The molecule has 0 aliphatic carbocycles. The average Bonchev–Trinajstić information content (AvgIpc) is 2.55. The lowest BCUT2D eigenvalue weighted by molar-refractivity contribution is 0.0280. The van der Waals surface area contributed by atoms with E-state index in [-0.39, 0.29) is 5.41 Å². The van der Waals surface area contributed by atoms with Crippen molar-refractivity contribution in [2.45, 2.75) is 12.5 Å². The topological polar surface area (TPSA) is 73.8 Å². The van der Waals surface area contributed by atoms with Gasteiger partial charge in [0.05, 0.1) is 24.8 Å². The molecule has 3 N–H and O–H groups in total. The summed E-state index contributed by atoms with van der Waals surface area (Å²) in [6.45, 7) is 5.03. The van der Waals surface area contributed by atoms with Gasteiger partial charge in [-0.1, -0.05) is 0 Å². The van der Waals surface area contributed by atoms with E-state index < -0.39 is 5.97 Å². The second-order valence-electron chi connectivity index (χ2n) is 6.50. The molecular weight excluding hydrogens is 282 g/mol. The summed E-state index contributed by atoms with van der Waals surface area (Å²) in [6.07, 6.45) is 0.883. The Morgan fingerprint density at radius 1 is 1.36 bits per heavy atom. The number of aromatic carboxylic acids is 1. The minimum Gasteiger partial charge on any atom is -0.478 e. The van der Waals surface area contributed by atoms with Crippen molar-refractivity contribution < 1.29 is 14.6 Å². The highest BCUT2D eigenvalue weighted by Crippen LogP contribution is 2.43. The summed E-state index contributed by atoms with van der Waals surface area (Å²) in [5, 5.41) is 16.1. The molecule has 0 amide bonds. The first kappa shape index (κ1) is 14.0. The lowest BCUT2D eigenvalue weighted by Gasteiger charge is -2.54. The molecule has 118 valence electrons. The van der Waals surface area contributed by atoms with Gasteiger partial charge in [-0.2, -0.15) is 0 Å². The second-order valence-corrected chi connectivity index (χ2v) is 6.50. The maximum Gasteiger partial charge on any atom is 0.335 e. The number of nitrogens with one attached hydrogen (secondary N) is 2. The maximum atomic E-state index is 11.3. The van der Waals surface area contributed by atoms with E-state index in [1.807, 2.05) is 12.1 Å². The maximum absolute atomic E-state index is 11.3. The van der Waals surface area contributed by atoms with Crippen molar-refractivity contribution in [3.05, 3.63) is 29.3 Å². The standard InChI is InChI=1S/C16H21N3O3/c20-15(21)11-1-2-13-12(5-11)6-16(8-17-10-18-9-16)14-7-22-4-3-19(13)14/h1-2,5,14,17-18H,3-4,6-10H2,(H,20,21). The van der Waals surface area contributed by atoms with Gasteiger partial charge in [-0.3, -0.25) is 0 Å². The molecule has 0 radical (unpaired) electrons. The summed E-state index contributed by atoms with van der Waals surface area (Å²) < 4.78 is 5.75. The van der Waals surface area contributed by atoms with Crippen LogP contribution in [0.1, 0.15) is 15.9 Å². The summed E-state index contributed by atoms with van der Waals surface area (Å²) in [6, 6.07) is 5.86. The molecule has 0 saturated carbocycles. The van der Waals surface area contributed by atoms with Crippen LogP contribution in [0.15, 0.2) is 18.2 Å². The molecule has 3 aliphatic heterocycles. The molecule has 4 rings (SSSR count). The van der Waals surface area contributed by atoms with Crippen molar-refractivity contribution in [3.63, 3.8) is 0 Å². The Morgan fingerprint density at radius 3 is 2.95 bits per heavy atom. The SMILES string of the molecule is O=C(O)c1ccc2c(c1)CC1(CNCNC1)C1COCCN21. The largest absolute Gasteiger partial charge is 0.478 e. The minimum absolute atomic E-state index is 0.0583. The number of nitrogens with zero attached hydrogens (tertiary/aromatic N) is 1. The summed E-state index contributed by atoms with van der Waals surface area (Å²) in [5.74, 6) is -0.860. The van der Waals surface area contributed by atoms with Crippen molar-refractivity contribution in [1.82, 2.24) is 10.6 Å². The number of fused-ring (bicyclic) bond motifs is 4. The van der Waals surface area contributed by atoms with E-state index >= 15 is 0 Å². The molecule has 3 heterocycles. The van der Waals surface area contributed by atoms with Crippen LogP contribution in [-0.4, -0.2) is 56.6 Å². The zero-order valence-electron chi connectivity index (χ0n) is 12.5. The van der Waals surface area contributed by atoms with Gasteiger partial charge in [-0.25, -0.2) is 4.79 Å². The molecule has 0 bridgehead atoms. The van der Waals surface area contributed by atoms with E-state index in [1.165, 1.54) is 5.69 Å². The second kappa shape index (κ2) is 5.22. The van der Waals surface area contributed by atoms with E-state index in [0.29, 0.717) is 11.6 Å². The van der Waals surface area contributed by atoms with E-state index in [9.17, 15) is 9.90 Å². The zero-order chi connectivity index (χ0) is 15.2. The molecule has 6 nitrogen and oxygen atoms in total. The van der Waals surface area contributed by atoms with Gasteiger partial charge < -0.3 is 25.4 Å². The molecule has 2 fully saturated rings. The van der Waals surface area contributed by atoms with E-state index in [1.54, 1.807) is 6.07 Å². The van der Waals surface area contributed by atoms with Crippen LogP contribution >= 0.6 is 0 Å². The predicted octanol–water partition coefficient (Wildman–Crippen LogP) is 0.283. The predicted molar refractivity (Wildman–Crippen MR) is 82.4 cm³/mol. The Kier molecular flexibility index (Phi) is 3.32. The van der Waals surface area contributed by atoms with Crippen LogP contribution < -0.4 is 15.5 Å². The normalized spacial score (nSPS) is 26.4. The fraction of sp³-hybridized carbons (Fsp3) is 0.562. The van der Waals surface area contributed by atoms with Gasteiger partial charge in [0, 0.05) is 37.4 Å². The van der Waals surface area contributed by atoms with Crippen LogP contribution in [0.2, 0.25) is 0 Å². The van der Waals surface area contributed by atoms with Crippen molar-refractivity contribution >= 4 is 11.7 Å². The Labute approximate surface area is 129 Å². The molecule has 3 aliphatic rings. The van der Waals surface area contributed by atoms with Gasteiger partial charge in [0.25, 0.3) is 0 Å². The van der Waals surface area contributed by atoms with Crippen LogP contribution in [0, 0.1) is 5.41 Å². The van der Waals surface area contributed by atoms with Crippen molar-refractivity contribution in [3.8, 4) is 0 Å². The molecular formula is C16H21N3O3. The Balaban J connectivity index is 1.78. The van der Waals surface area contributed by atoms with Gasteiger partial charge in [0.2, 0.25) is 0 Å². The summed E-state index contributed by atoms with van der Waals surface area (Å²) in [5.41, 5.74) is 2.75. The fourth-order valence-corrected chi connectivity index (χ4v) is 4.17. The highest BCUT2D eigenvalue weighted by molar-refractivity contribution is 5.88.